The van der Waals surface area contributed by atoms with Crippen molar-refractivity contribution < 1.29 is 4.39 Å². The maximum Gasteiger partial charge on any atom is 0.126 e. The minimum Gasteiger partial charge on any atom is -0.260 e. The zero-order chi connectivity index (χ0) is 7.40. The van der Waals surface area contributed by atoms with Gasteiger partial charge >= 0.3 is 0 Å². The molecule has 0 radical (unpaired) electrons. The highest BCUT2D eigenvalue weighted by Gasteiger charge is 1.93. The van der Waals surface area contributed by atoms with E-state index in [0.717, 1.165) is 0 Å². The van der Waals surface area contributed by atoms with Crippen molar-refractivity contribution in [2.45, 2.75) is 6.42 Å². The molecule has 0 aliphatic heterocycles. The molecule has 0 aromatic carbocycles. The number of hydrogen-bond donors (Lipinski definition) is 0. The van der Waals surface area contributed by atoms with Gasteiger partial charge in [-0.05, 0) is 12.1 Å². The van der Waals surface area contributed by atoms with E-state index in [4.69, 9.17) is 5.26 Å². The van der Waals surface area contributed by atoms with E-state index in [1.54, 1.807) is 0 Å². The quantitative estimate of drug-likeness (QED) is 0.583. The van der Waals surface area contributed by atoms with Crippen molar-refractivity contribution in [3.05, 3.63) is 29.8 Å². The molecule has 1 heterocycles. The van der Waals surface area contributed by atoms with Gasteiger partial charge in [-0.2, -0.15) is 5.26 Å². The topological polar surface area (TPSA) is 36.7 Å². The van der Waals surface area contributed by atoms with E-state index in [1.165, 1.54) is 18.3 Å². The van der Waals surface area contributed by atoms with Gasteiger partial charge in [0.25, 0.3) is 0 Å². The van der Waals surface area contributed by atoms with E-state index in [1.807, 2.05) is 6.07 Å². The zero-order valence-electron chi connectivity index (χ0n) is 5.21. The SMILES string of the molecule is N#CCc1cc(F)ccn1. The third-order valence-electron chi connectivity index (χ3n) is 1.04. The Morgan fingerprint density at radius 3 is 3.10 bits per heavy atom. The van der Waals surface area contributed by atoms with E-state index < -0.39 is 0 Å². The molecule has 1 aromatic rings. The second kappa shape index (κ2) is 2.92. The second-order valence-electron chi connectivity index (χ2n) is 1.80. The monoisotopic (exact) mass is 136 g/mol. The van der Waals surface area contributed by atoms with Gasteiger partial charge in [0.1, 0.15) is 5.82 Å². The van der Waals surface area contributed by atoms with E-state index in [2.05, 4.69) is 4.98 Å². The van der Waals surface area contributed by atoms with Crippen LogP contribution in [0.2, 0.25) is 0 Å². The average molecular weight is 136 g/mol. The minimum atomic E-state index is -0.347. The number of rotatable bonds is 1. The predicted octanol–water partition coefficient (Wildman–Crippen LogP) is 1.29. The number of halogens is 1. The van der Waals surface area contributed by atoms with E-state index in [-0.39, 0.29) is 12.2 Å². The Labute approximate surface area is 57.9 Å². The summed E-state index contributed by atoms with van der Waals surface area (Å²) in [7, 11) is 0. The third-order valence-corrected chi connectivity index (χ3v) is 1.04. The van der Waals surface area contributed by atoms with Gasteiger partial charge < -0.3 is 0 Å². The van der Waals surface area contributed by atoms with Crippen molar-refractivity contribution in [3.8, 4) is 6.07 Å². The van der Waals surface area contributed by atoms with Crippen LogP contribution in [0.15, 0.2) is 18.3 Å². The molecule has 0 atom stereocenters. The smallest absolute Gasteiger partial charge is 0.126 e. The maximum atomic E-state index is 12.3. The van der Waals surface area contributed by atoms with Gasteiger partial charge in [-0.15, -0.1) is 0 Å². The normalized spacial score (nSPS) is 8.80. The highest BCUT2D eigenvalue weighted by molar-refractivity contribution is 5.09. The summed E-state index contributed by atoms with van der Waals surface area (Å²) in [6.45, 7) is 0. The fourth-order valence-corrected chi connectivity index (χ4v) is 0.626. The Kier molecular flexibility index (Phi) is 1.96. The van der Waals surface area contributed by atoms with Crippen molar-refractivity contribution in [1.82, 2.24) is 4.98 Å². The van der Waals surface area contributed by atoms with Crippen LogP contribution in [-0.2, 0) is 6.42 Å². The van der Waals surface area contributed by atoms with Gasteiger partial charge in [0.2, 0.25) is 0 Å². The molecular weight excluding hydrogens is 131 g/mol. The summed E-state index contributed by atoms with van der Waals surface area (Å²) in [5, 5.41) is 8.20. The minimum absolute atomic E-state index is 0.164. The molecule has 0 unspecified atom stereocenters. The lowest BCUT2D eigenvalue weighted by Gasteiger charge is -1.90. The Bertz CT molecular complexity index is 265. The molecule has 0 saturated carbocycles. The first-order chi connectivity index (χ1) is 4.83. The van der Waals surface area contributed by atoms with Crippen LogP contribution < -0.4 is 0 Å². The molecule has 10 heavy (non-hydrogen) atoms. The Balaban J connectivity index is 2.87. The molecule has 0 aliphatic carbocycles. The Morgan fingerprint density at radius 1 is 1.70 bits per heavy atom. The maximum absolute atomic E-state index is 12.3. The first-order valence-corrected chi connectivity index (χ1v) is 2.80. The summed E-state index contributed by atoms with van der Waals surface area (Å²) in [6.07, 6.45) is 1.51. The Morgan fingerprint density at radius 2 is 2.50 bits per heavy atom. The van der Waals surface area contributed by atoms with Crippen LogP contribution in [0.3, 0.4) is 0 Å². The van der Waals surface area contributed by atoms with Gasteiger partial charge in [-0.25, -0.2) is 4.39 Å². The van der Waals surface area contributed by atoms with Gasteiger partial charge in [0, 0.05) is 6.20 Å². The third kappa shape index (κ3) is 1.52. The fourth-order valence-electron chi connectivity index (χ4n) is 0.626. The standard InChI is InChI=1S/C7H5FN2/c8-6-2-4-10-7(5-6)1-3-9/h2,4-5H,1H2. The molecule has 0 amide bonds. The summed E-state index contributed by atoms with van der Waals surface area (Å²) in [5.74, 6) is -0.347. The van der Waals surface area contributed by atoms with Gasteiger partial charge in [-0.1, -0.05) is 0 Å². The van der Waals surface area contributed by atoms with Gasteiger partial charge in [-0.3, -0.25) is 4.98 Å². The Hall–Kier alpha value is -1.43. The molecule has 1 aromatic heterocycles. The van der Waals surface area contributed by atoms with E-state index in [9.17, 15) is 4.39 Å². The first-order valence-electron chi connectivity index (χ1n) is 2.80. The van der Waals surface area contributed by atoms with Crippen LogP contribution in [0, 0.1) is 17.1 Å². The molecule has 0 bridgehead atoms. The van der Waals surface area contributed by atoms with Gasteiger partial charge in [0.15, 0.2) is 0 Å². The highest BCUT2D eigenvalue weighted by Crippen LogP contribution is 1.98. The number of aromatic nitrogens is 1. The first kappa shape index (κ1) is 6.69. The summed E-state index contributed by atoms with van der Waals surface area (Å²) < 4.78 is 12.3. The molecule has 0 aliphatic rings. The largest absolute Gasteiger partial charge is 0.260 e. The average Bonchev–Trinajstić information content (AvgIpc) is 1.88. The second-order valence-corrected chi connectivity index (χ2v) is 1.80. The van der Waals surface area contributed by atoms with E-state index in [0.29, 0.717) is 5.69 Å². The lowest BCUT2D eigenvalue weighted by Crippen LogP contribution is -1.87. The van der Waals surface area contributed by atoms with Crippen LogP contribution in [0.25, 0.3) is 0 Å². The summed E-state index contributed by atoms with van der Waals surface area (Å²) in [5.41, 5.74) is 0.475. The van der Waals surface area contributed by atoms with Crippen molar-refractivity contribution in [2.75, 3.05) is 0 Å². The lowest BCUT2D eigenvalue weighted by atomic mass is 10.3. The van der Waals surface area contributed by atoms with Crippen molar-refractivity contribution in [1.29, 1.82) is 5.26 Å². The number of pyridine rings is 1. The zero-order valence-corrected chi connectivity index (χ0v) is 5.21. The summed E-state index contributed by atoms with van der Waals surface area (Å²) in [4.78, 5) is 3.77. The molecule has 0 N–H and O–H groups in total. The number of hydrogen-bond acceptors (Lipinski definition) is 2. The molecule has 1 rings (SSSR count). The van der Waals surface area contributed by atoms with Crippen LogP contribution in [0.4, 0.5) is 4.39 Å². The molecule has 0 fully saturated rings. The lowest BCUT2D eigenvalue weighted by molar-refractivity contribution is 0.623. The highest BCUT2D eigenvalue weighted by atomic mass is 19.1. The number of nitrogens with zero attached hydrogens (tertiary/aromatic N) is 2. The summed E-state index contributed by atoms with van der Waals surface area (Å²) in [6, 6.07) is 4.39. The molecule has 0 spiro atoms. The van der Waals surface area contributed by atoms with Crippen LogP contribution in [0.1, 0.15) is 5.69 Å². The molecule has 50 valence electrons. The van der Waals surface area contributed by atoms with Crippen molar-refractivity contribution >= 4 is 0 Å². The molecule has 2 nitrogen and oxygen atoms in total. The van der Waals surface area contributed by atoms with Crippen LogP contribution in [-0.4, -0.2) is 4.98 Å². The van der Waals surface area contributed by atoms with Crippen molar-refractivity contribution in [3.63, 3.8) is 0 Å². The number of nitriles is 1. The molecule has 0 saturated heterocycles. The van der Waals surface area contributed by atoms with Crippen LogP contribution >= 0.6 is 0 Å². The van der Waals surface area contributed by atoms with Crippen molar-refractivity contribution in [2.24, 2.45) is 0 Å². The molecule has 3 heteroatoms. The predicted molar refractivity (Wildman–Crippen MR) is 33.5 cm³/mol. The van der Waals surface area contributed by atoms with E-state index >= 15 is 0 Å². The van der Waals surface area contributed by atoms with Crippen LogP contribution in [0.5, 0.6) is 0 Å². The fraction of sp³-hybridized carbons (Fsp3) is 0.143. The van der Waals surface area contributed by atoms with Gasteiger partial charge in [0.05, 0.1) is 18.2 Å². The molecular formula is C7H5FN2. The summed E-state index contributed by atoms with van der Waals surface area (Å²) >= 11 is 0.